The van der Waals surface area contributed by atoms with Gasteiger partial charge in [-0.05, 0) is 96.4 Å². The first-order valence-corrected chi connectivity index (χ1v) is 14.8. The van der Waals surface area contributed by atoms with Crippen LogP contribution < -0.4 is 0 Å². The van der Waals surface area contributed by atoms with E-state index in [2.05, 4.69) is 164 Å². The molecule has 0 radical (unpaired) electrons. The molecular formula is C42H29N. The molecule has 0 atom stereocenters. The minimum Gasteiger partial charge on any atom is -0.256 e. The molecule has 0 fully saturated rings. The number of hydrogen-bond acceptors (Lipinski definition) is 1. The van der Waals surface area contributed by atoms with Gasteiger partial charge in [-0.3, -0.25) is 4.98 Å². The third kappa shape index (κ3) is 4.47. The van der Waals surface area contributed by atoms with Crippen molar-refractivity contribution in [2.24, 2.45) is 0 Å². The van der Waals surface area contributed by atoms with Crippen molar-refractivity contribution in [1.29, 1.82) is 0 Å². The number of hydrogen-bond donors (Lipinski definition) is 0. The standard InChI is InChI=1S/C42H29N/c1-28-17-24-40(43-27-28)34-12-8-11-33(25-34)30-18-21-31(22-19-30)41-36-13-4-6-15-38(36)42(39-16-7-5-14-37(39)41)35-23-20-29-9-2-3-10-32(29)26-35/h2-27H,1H3. The zero-order valence-corrected chi connectivity index (χ0v) is 24.0. The molecule has 7 aromatic carbocycles. The Morgan fingerprint density at radius 1 is 0.372 bits per heavy atom. The first-order chi connectivity index (χ1) is 21.2. The summed E-state index contributed by atoms with van der Waals surface area (Å²) >= 11 is 0. The quantitative estimate of drug-likeness (QED) is 0.200. The molecule has 0 spiro atoms. The molecule has 0 unspecified atom stereocenters. The molecule has 0 aliphatic heterocycles. The molecule has 1 aromatic heterocycles. The van der Waals surface area contributed by atoms with Crippen LogP contribution >= 0.6 is 0 Å². The third-order valence-corrected chi connectivity index (χ3v) is 8.55. The monoisotopic (exact) mass is 547 g/mol. The number of rotatable bonds is 4. The topological polar surface area (TPSA) is 12.9 Å². The van der Waals surface area contributed by atoms with Gasteiger partial charge in [0.1, 0.15) is 0 Å². The van der Waals surface area contributed by atoms with Crippen LogP contribution in [0.4, 0.5) is 0 Å². The summed E-state index contributed by atoms with van der Waals surface area (Å²) in [6, 6.07) is 55.1. The van der Waals surface area contributed by atoms with Gasteiger partial charge < -0.3 is 0 Å². The van der Waals surface area contributed by atoms with Crippen molar-refractivity contribution in [3.63, 3.8) is 0 Å². The summed E-state index contributed by atoms with van der Waals surface area (Å²) in [5, 5.41) is 7.60. The van der Waals surface area contributed by atoms with Crippen LogP contribution in [0.2, 0.25) is 0 Å². The molecule has 0 N–H and O–H groups in total. The predicted octanol–water partition coefficient (Wildman–Crippen LogP) is 11.5. The number of pyridine rings is 1. The van der Waals surface area contributed by atoms with Gasteiger partial charge in [-0.1, -0.05) is 133 Å². The van der Waals surface area contributed by atoms with Crippen LogP contribution in [0.1, 0.15) is 5.56 Å². The fraction of sp³-hybridized carbons (Fsp3) is 0.0238. The van der Waals surface area contributed by atoms with Crippen molar-refractivity contribution in [3.05, 3.63) is 163 Å². The molecule has 0 saturated carbocycles. The van der Waals surface area contributed by atoms with Gasteiger partial charge in [0.05, 0.1) is 5.69 Å². The third-order valence-electron chi connectivity index (χ3n) is 8.55. The average molecular weight is 548 g/mol. The van der Waals surface area contributed by atoms with Gasteiger partial charge in [0.15, 0.2) is 0 Å². The Kier molecular flexibility index (Phi) is 6.09. The van der Waals surface area contributed by atoms with Gasteiger partial charge in [-0.2, -0.15) is 0 Å². The van der Waals surface area contributed by atoms with Crippen molar-refractivity contribution < 1.29 is 0 Å². The second kappa shape index (κ2) is 10.4. The first-order valence-electron chi connectivity index (χ1n) is 14.8. The molecule has 202 valence electrons. The van der Waals surface area contributed by atoms with E-state index >= 15 is 0 Å². The van der Waals surface area contributed by atoms with E-state index in [-0.39, 0.29) is 0 Å². The van der Waals surface area contributed by atoms with E-state index in [1.165, 1.54) is 71.3 Å². The minimum atomic E-state index is 0.994. The van der Waals surface area contributed by atoms with Crippen molar-refractivity contribution in [3.8, 4) is 44.6 Å². The number of aryl methyl sites for hydroxylation is 1. The fourth-order valence-corrected chi connectivity index (χ4v) is 6.42. The highest BCUT2D eigenvalue weighted by Crippen LogP contribution is 2.44. The van der Waals surface area contributed by atoms with E-state index in [1.54, 1.807) is 0 Å². The highest BCUT2D eigenvalue weighted by molar-refractivity contribution is 6.21. The van der Waals surface area contributed by atoms with Crippen LogP contribution in [0.15, 0.2) is 158 Å². The summed E-state index contributed by atoms with van der Waals surface area (Å²) in [5.41, 5.74) is 10.7. The van der Waals surface area contributed by atoms with E-state index in [9.17, 15) is 0 Å². The van der Waals surface area contributed by atoms with Crippen LogP contribution in [0.25, 0.3) is 77.0 Å². The lowest BCUT2D eigenvalue weighted by atomic mass is 9.85. The normalized spacial score (nSPS) is 11.4. The SMILES string of the molecule is Cc1ccc(-c2cccc(-c3ccc(-c4c5ccccc5c(-c5ccc6ccccc6c5)c5ccccc45)cc3)c2)nc1. The maximum atomic E-state index is 4.64. The number of fused-ring (bicyclic) bond motifs is 3. The molecule has 0 aliphatic rings. The van der Waals surface area contributed by atoms with Gasteiger partial charge >= 0.3 is 0 Å². The van der Waals surface area contributed by atoms with Gasteiger partial charge in [0.2, 0.25) is 0 Å². The molecule has 1 nitrogen and oxygen atoms in total. The zero-order chi connectivity index (χ0) is 28.8. The lowest BCUT2D eigenvalue weighted by molar-refractivity contribution is 1.27. The van der Waals surface area contributed by atoms with Crippen molar-refractivity contribution in [2.75, 3.05) is 0 Å². The smallest absolute Gasteiger partial charge is 0.0702 e. The number of nitrogens with zero attached hydrogens (tertiary/aromatic N) is 1. The summed E-state index contributed by atoms with van der Waals surface area (Å²) in [4.78, 5) is 4.64. The molecule has 1 heterocycles. The average Bonchev–Trinajstić information content (AvgIpc) is 3.07. The van der Waals surface area contributed by atoms with Gasteiger partial charge in [-0.15, -0.1) is 0 Å². The number of benzene rings is 7. The van der Waals surface area contributed by atoms with Gasteiger partial charge in [-0.25, -0.2) is 0 Å². The second-order valence-electron chi connectivity index (χ2n) is 11.3. The Bertz CT molecular complexity index is 2220. The maximum Gasteiger partial charge on any atom is 0.0702 e. The van der Waals surface area contributed by atoms with Crippen molar-refractivity contribution in [2.45, 2.75) is 6.92 Å². The fourth-order valence-electron chi connectivity index (χ4n) is 6.42. The molecule has 0 amide bonds. The van der Waals surface area contributed by atoms with E-state index < -0.39 is 0 Å². The largest absolute Gasteiger partial charge is 0.256 e. The Morgan fingerprint density at radius 2 is 0.930 bits per heavy atom. The highest BCUT2D eigenvalue weighted by Gasteiger charge is 2.17. The van der Waals surface area contributed by atoms with Crippen LogP contribution in [0.3, 0.4) is 0 Å². The summed E-state index contributed by atoms with van der Waals surface area (Å²) in [5.74, 6) is 0. The molecule has 0 bridgehead atoms. The van der Waals surface area contributed by atoms with Crippen LogP contribution in [0.5, 0.6) is 0 Å². The Morgan fingerprint density at radius 3 is 1.58 bits per heavy atom. The molecule has 8 rings (SSSR count). The van der Waals surface area contributed by atoms with Crippen molar-refractivity contribution >= 4 is 32.3 Å². The lowest BCUT2D eigenvalue weighted by Gasteiger charge is -2.18. The molecule has 43 heavy (non-hydrogen) atoms. The lowest BCUT2D eigenvalue weighted by Crippen LogP contribution is -1.91. The summed E-state index contributed by atoms with van der Waals surface area (Å²) in [7, 11) is 0. The predicted molar refractivity (Wildman–Crippen MR) is 183 cm³/mol. The Balaban J connectivity index is 1.28. The van der Waals surface area contributed by atoms with E-state index in [4.69, 9.17) is 0 Å². The van der Waals surface area contributed by atoms with Gasteiger partial charge in [0.25, 0.3) is 0 Å². The molecule has 0 aliphatic carbocycles. The first kappa shape index (κ1) is 25.2. The highest BCUT2D eigenvalue weighted by atomic mass is 14.7. The van der Waals surface area contributed by atoms with Crippen molar-refractivity contribution in [1.82, 2.24) is 4.98 Å². The molecular weight excluding hydrogens is 518 g/mol. The Hall–Kier alpha value is -5.53. The minimum absolute atomic E-state index is 0.994. The van der Waals surface area contributed by atoms with E-state index in [0.717, 1.165) is 11.3 Å². The molecule has 8 aromatic rings. The van der Waals surface area contributed by atoms with Crippen LogP contribution in [-0.2, 0) is 0 Å². The van der Waals surface area contributed by atoms with Crippen LogP contribution in [0, 0.1) is 6.92 Å². The number of aromatic nitrogens is 1. The summed E-state index contributed by atoms with van der Waals surface area (Å²) in [6.07, 6.45) is 1.93. The van der Waals surface area contributed by atoms with Crippen LogP contribution in [-0.4, -0.2) is 4.98 Å². The second-order valence-corrected chi connectivity index (χ2v) is 11.3. The Labute approximate surface area is 251 Å². The van der Waals surface area contributed by atoms with E-state index in [1.807, 2.05) is 6.20 Å². The van der Waals surface area contributed by atoms with E-state index in [0.29, 0.717) is 0 Å². The molecule has 1 heteroatoms. The summed E-state index contributed by atoms with van der Waals surface area (Å²) in [6.45, 7) is 2.07. The molecule has 0 saturated heterocycles. The zero-order valence-electron chi connectivity index (χ0n) is 24.0. The maximum absolute atomic E-state index is 4.64. The summed E-state index contributed by atoms with van der Waals surface area (Å²) < 4.78 is 0. The van der Waals surface area contributed by atoms with Gasteiger partial charge in [0, 0.05) is 11.8 Å².